The summed E-state index contributed by atoms with van der Waals surface area (Å²) in [5, 5.41) is 0. The van der Waals surface area contributed by atoms with Crippen LogP contribution in [0.2, 0.25) is 19.6 Å². The standard InChI is InChI=1S/C15H25NSi/c1-17(2,3)15-11-7-8-12-16(15)13-14-9-5-4-6-10-14/h4-6,9-10,15H,7-8,11-13H2,1-3H3. The van der Waals surface area contributed by atoms with Crippen LogP contribution in [0.4, 0.5) is 0 Å². The Kier molecular flexibility index (Phi) is 4.05. The van der Waals surface area contributed by atoms with E-state index in [4.69, 9.17) is 0 Å². The SMILES string of the molecule is C[Si](C)(C)C1CCCCN1Cc1ccccc1. The van der Waals surface area contributed by atoms with Gasteiger partial charge in [-0.1, -0.05) is 56.4 Å². The van der Waals surface area contributed by atoms with Gasteiger partial charge in [0.2, 0.25) is 0 Å². The first kappa shape index (κ1) is 12.8. The number of piperidine rings is 1. The first-order valence-electron chi connectivity index (χ1n) is 6.85. The van der Waals surface area contributed by atoms with Crippen molar-refractivity contribution >= 4 is 8.07 Å². The van der Waals surface area contributed by atoms with Crippen molar-refractivity contribution in [3.05, 3.63) is 35.9 Å². The van der Waals surface area contributed by atoms with Gasteiger partial charge in [0, 0.05) is 12.2 Å². The molecule has 1 unspecified atom stereocenters. The zero-order valence-corrected chi connectivity index (χ0v) is 12.4. The minimum atomic E-state index is -1.05. The van der Waals surface area contributed by atoms with E-state index in [-0.39, 0.29) is 0 Å². The predicted octanol–water partition coefficient (Wildman–Crippen LogP) is 3.92. The molecule has 1 aromatic rings. The van der Waals surface area contributed by atoms with Crippen LogP contribution >= 0.6 is 0 Å². The van der Waals surface area contributed by atoms with Gasteiger partial charge in [-0.25, -0.2) is 0 Å². The summed E-state index contributed by atoms with van der Waals surface area (Å²) in [6, 6.07) is 10.9. The Morgan fingerprint density at radius 3 is 2.47 bits per heavy atom. The number of rotatable bonds is 3. The molecule has 0 radical (unpaired) electrons. The summed E-state index contributed by atoms with van der Waals surface area (Å²) in [7, 11) is -1.05. The minimum Gasteiger partial charge on any atom is -0.299 e. The molecule has 0 aliphatic carbocycles. The highest BCUT2D eigenvalue weighted by atomic mass is 28.3. The van der Waals surface area contributed by atoms with E-state index in [2.05, 4.69) is 54.9 Å². The van der Waals surface area contributed by atoms with E-state index in [1.807, 2.05) is 0 Å². The molecule has 0 saturated carbocycles. The predicted molar refractivity (Wildman–Crippen MR) is 77.8 cm³/mol. The first-order valence-corrected chi connectivity index (χ1v) is 10.4. The molecule has 1 nitrogen and oxygen atoms in total. The van der Waals surface area contributed by atoms with Gasteiger partial charge >= 0.3 is 0 Å². The fourth-order valence-electron chi connectivity index (χ4n) is 2.98. The normalized spacial score (nSPS) is 22.6. The monoisotopic (exact) mass is 247 g/mol. The van der Waals surface area contributed by atoms with E-state index in [9.17, 15) is 0 Å². The van der Waals surface area contributed by atoms with Crippen molar-refractivity contribution in [1.29, 1.82) is 0 Å². The van der Waals surface area contributed by atoms with Crippen molar-refractivity contribution < 1.29 is 0 Å². The molecule has 0 aromatic heterocycles. The smallest absolute Gasteiger partial charge is 0.0638 e. The second-order valence-electron chi connectivity index (χ2n) is 6.33. The van der Waals surface area contributed by atoms with Crippen LogP contribution in [0, 0.1) is 0 Å². The van der Waals surface area contributed by atoms with E-state index in [1.54, 1.807) is 0 Å². The third-order valence-electron chi connectivity index (χ3n) is 3.84. The van der Waals surface area contributed by atoms with Crippen LogP contribution in [-0.2, 0) is 6.54 Å². The van der Waals surface area contributed by atoms with Crippen LogP contribution in [0.5, 0.6) is 0 Å². The van der Waals surface area contributed by atoms with Gasteiger partial charge in [-0.05, 0) is 24.9 Å². The Labute approximate surface area is 107 Å². The van der Waals surface area contributed by atoms with Crippen molar-refractivity contribution in [1.82, 2.24) is 4.90 Å². The summed E-state index contributed by atoms with van der Waals surface area (Å²) < 4.78 is 0. The highest BCUT2D eigenvalue weighted by molar-refractivity contribution is 6.77. The van der Waals surface area contributed by atoms with Crippen LogP contribution in [0.25, 0.3) is 0 Å². The second-order valence-corrected chi connectivity index (χ2v) is 11.7. The zero-order chi connectivity index (χ0) is 12.3. The molecule has 1 aromatic carbocycles. The quantitative estimate of drug-likeness (QED) is 0.732. The Balaban J connectivity index is 2.07. The summed E-state index contributed by atoms with van der Waals surface area (Å²) in [6.45, 7) is 9.99. The number of nitrogens with zero attached hydrogens (tertiary/aromatic N) is 1. The van der Waals surface area contributed by atoms with Crippen LogP contribution in [-0.4, -0.2) is 25.2 Å². The lowest BCUT2D eigenvalue weighted by Gasteiger charge is -2.42. The van der Waals surface area contributed by atoms with Crippen LogP contribution in [0.1, 0.15) is 24.8 Å². The van der Waals surface area contributed by atoms with Crippen LogP contribution < -0.4 is 0 Å². The third-order valence-corrected chi connectivity index (χ3v) is 6.49. The van der Waals surface area contributed by atoms with E-state index < -0.39 is 8.07 Å². The number of likely N-dealkylation sites (tertiary alicyclic amines) is 1. The maximum absolute atomic E-state index is 2.74. The highest BCUT2D eigenvalue weighted by Gasteiger charge is 2.33. The average molecular weight is 247 g/mol. The summed E-state index contributed by atoms with van der Waals surface area (Å²) in [5.41, 5.74) is 2.34. The maximum atomic E-state index is 2.74. The molecule has 1 aliphatic rings. The Morgan fingerprint density at radius 2 is 1.82 bits per heavy atom. The van der Waals surface area contributed by atoms with Gasteiger partial charge in [0.25, 0.3) is 0 Å². The largest absolute Gasteiger partial charge is 0.299 e. The molecule has 2 heteroatoms. The van der Waals surface area contributed by atoms with Crippen molar-refractivity contribution in [2.45, 2.75) is 51.1 Å². The van der Waals surface area contributed by atoms with E-state index >= 15 is 0 Å². The molecule has 1 saturated heterocycles. The summed E-state index contributed by atoms with van der Waals surface area (Å²) in [4.78, 5) is 2.74. The highest BCUT2D eigenvalue weighted by Crippen LogP contribution is 2.26. The van der Waals surface area contributed by atoms with Crippen molar-refractivity contribution in [3.63, 3.8) is 0 Å². The molecule has 0 N–H and O–H groups in total. The molecule has 2 rings (SSSR count). The van der Waals surface area contributed by atoms with Gasteiger partial charge in [-0.2, -0.15) is 0 Å². The average Bonchev–Trinajstić information content (AvgIpc) is 2.30. The third kappa shape index (κ3) is 3.43. The van der Waals surface area contributed by atoms with Gasteiger partial charge in [0.15, 0.2) is 0 Å². The van der Waals surface area contributed by atoms with Crippen molar-refractivity contribution in [3.8, 4) is 0 Å². The Morgan fingerprint density at radius 1 is 1.12 bits per heavy atom. The zero-order valence-electron chi connectivity index (χ0n) is 11.4. The molecule has 0 spiro atoms. The number of benzene rings is 1. The lowest BCUT2D eigenvalue weighted by molar-refractivity contribution is 0.185. The topological polar surface area (TPSA) is 3.24 Å². The minimum absolute atomic E-state index is 0.872. The van der Waals surface area contributed by atoms with Crippen LogP contribution in [0.15, 0.2) is 30.3 Å². The lowest BCUT2D eigenvalue weighted by Crippen LogP contribution is -2.52. The van der Waals surface area contributed by atoms with E-state index in [0.717, 1.165) is 12.2 Å². The molecule has 1 fully saturated rings. The second kappa shape index (κ2) is 5.36. The van der Waals surface area contributed by atoms with Gasteiger partial charge < -0.3 is 0 Å². The van der Waals surface area contributed by atoms with Gasteiger partial charge in [0.1, 0.15) is 0 Å². The molecule has 17 heavy (non-hydrogen) atoms. The maximum Gasteiger partial charge on any atom is 0.0638 e. The molecule has 94 valence electrons. The van der Waals surface area contributed by atoms with Gasteiger partial charge in [-0.3, -0.25) is 4.90 Å². The van der Waals surface area contributed by atoms with Crippen LogP contribution in [0.3, 0.4) is 0 Å². The molecular formula is C15H25NSi. The first-order chi connectivity index (χ1) is 8.07. The lowest BCUT2D eigenvalue weighted by atomic mass is 10.1. The summed E-state index contributed by atoms with van der Waals surface area (Å²) in [6.07, 6.45) is 4.23. The molecule has 1 atom stereocenters. The molecule has 0 amide bonds. The Bertz CT molecular complexity index is 342. The number of hydrogen-bond donors (Lipinski definition) is 0. The van der Waals surface area contributed by atoms with E-state index in [1.165, 1.54) is 31.4 Å². The van der Waals surface area contributed by atoms with Crippen molar-refractivity contribution in [2.24, 2.45) is 0 Å². The number of hydrogen-bond acceptors (Lipinski definition) is 1. The molecule has 1 aliphatic heterocycles. The fraction of sp³-hybridized carbons (Fsp3) is 0.600. The van der Waals surface area contributed by atoms with Gasteiger partial charge in [0.05, 0.1) is 8.07 Å². The van der Waals surface area contributed by atoms with Gasteiger partial charge in [-0.15, -0.1) is 0 Å². The molecule has 1 heterocycles. The van der Waals surface area contributed by atoms with Crippen molar-refractivity contribution in [2.75, 3.05) is 6.54 Å². The fourth-order valence-corrected chi connectivity index (χ4v) is 5.36. The summed E-state index contributed by atoms with van der Waals surface area (Å²) >= 11 is 0. The Hall–Kier alpha value is -0.603. The molecular weight excluding hydrogens is 222 g/mol. The molecule has 0 bridgehead atoms. The van der Waals surface area contributed by atoms with E-state index in [0.29, 0.717) is 0 Å². The summed E-state index contributed by atoms with van der Waals surface area (Å²) in [5.74, 6) is 0.